The van der Waals surface area contributed by atoms with Gasteiger partial charge in [-0.25, -0.2) is 0 Å². The molecule has 0 radical (unpaired) electrons. The summed E-state index contributed by atoms with van der Waals surface area (Å²) in [6.07, 6.45) is 6.79. The van der Waals surface area contributed by atoms with Crippen molar-refractivity contribution in [3.63, 3.8) is 0 Å². The molecule has 1 aromatic carbocycles. The first-order valence-corrected chi connectivity index (χ1v) is 7.20. The zero-order valence-electron chi connectivity index (χ0n) is 12.8. The summed E-state index contributed by atoms with van der Waals surface area (Å²) in [5.74, 6) is 1.05. The third-order valence-corrected chi connectivity index (χ3v) is 3.97. The zero-order chi connectivity index (χ0) is 15.2. The lowest BCUT2D eigenvalue weighted by Crippen LogP contribution is -2.08. The summed E-state index contributed by atoms with van der Waals surface area (Å²) in [5, 5.41) is 9.16. The molecule has 0 saturated heterocycles. The number of hydrogen-bond donors (Lipinski definition) is 1. The summed E-state index contributed by atoms with van der Waals surface area (Å²) in [4.78, 5) is 8.62. The van der Waals surface area contributed by atoms with Gasteiger partial charge < -0.3 is 9.84 Å². The molecule has 4 nitrogen and oxygen atoms in total. The molecular formula is C17H22N2O2. The van der Waals surface area contributed by atoms with E-state index in [-0.39, 0.29) is 12.5 Å². The fraction of sp³-hybridized carbons (Fsp3) is 0.412. The Bertz CT molecular complexity index is 585. The van der Waals surface area contributed by atoms with Gasteiger partial charge in [-0.3, -0.25) is 9.97 Å². The van der Waals surface area contributed by atoms with E-state index in [4.69, 9.17) is 9.84 Å². The van der Waals surface area contributed by atoms with E-state index in [2.05, 4.69) is 29.9 Å². The van der Waals surface area contributed by atoms with Gasteiger partial charge >= 0.3 is 0 Å². The van der Waals surface area contributed by atoms with Gasteiger partial charge in [0.05, 0.1) is 12.8 Å². The Morgan fingerprint density at radius 1 is 1.19 bits per heavy atom. The van der Waals surface area contributed by atoms with E-state index >= 15 is 0 Å². The largest absolute Gasteiger partial charge is 0.496 e. The van der Waals surface area contributed by atoms with Crippen molar-refractivity contribution in [2.45, 2.75) is 32.6 Å². The molecule has 0 aliphatic heterocycles. The molecule has 2 rings (SSSR count). The standard InChI is InChI=1S/C17H22N2O2/c1-12-13(2)17(21-3)7-6-14(12)15(5-4-10-20)16-11-18-8-9-19-16/h6-9,11,15,20H,4-5,10H2,1-3H3. The Morgan fingerprint density at radius 2 is 2.00 bits per heavy atom. The average molecular weight is 286 g/mol. The van der Waals surface area contributed by atoms with Crippen molar-refractivity contribution in [1.29, 1.82) is 0 Å². The van der Waals surface area contributed by atoms with Gasteiger partial charge in [0.1, 0.15) is 5.75 Å². The molecule has 1 unspecified atom stereocenters. The van der Waals surface area contributed by atoms with Crippen LogP contribution in [0.5, 0.6) is 5.75 Å². The first-order valence-electron chi connectivity index (χ1n) is 7.20. The van der Waals surface area contributed by atoms with Crippen LogP contribution in [0, 0.1) is 13.8 Å². The predicted octanol–water partition coefficient (Wildman–Crippen LogP) is 3.01. The monoisotopic (exact) mass is 286 g/mol. The lowest BCUT2D eigenvalue weighted by molar-refractivity contribution is 0.281. The third kappa shape index (κ3) is 3.39. The van der Waals surface area contributed by atoms with Crippen LogP contribution in [0.25, 0.3) is 0 Å². The van der Waals surface area contributed by atoms with Crippen molar-refractivity contribution in [3.8, 4) is 5.75 Å². The average Bonchev–Trinajstić information content (AvgIpc) is 2.52. The molecule has 1 atom stereocenters. The Kier molecular flexibility index (Phi) is 5.28. The molecule has 1 N–H and O–H groups in total. The molecule has 0 amide bonds. The van der Waals surface area contributed by atoms with Gasteiger partial charge in [-0.05, 0) is 49.4 Å². The van der Waals surface area contributed by atoms with Crippen molar-refractivity contribution >= 4 is 0 Å². The Balaban J connectivity index is 2.44. The normalized spacial score (nSPS) is 12.2. The lowest BCUT2D eigenvalue weighted by Gasteiger charge is -2.21. The molecule has 0 aliphatic carbocycles. The molecule has 0 spiro atoms. The highest BCUT2D eigenvalue weighted by Gasteiger charge is 2.19. The van der Waals surface area contributed by atoms with Crippen LogP contribution in [0.3, 0.4) is 0 Å². The van der Waals surface area contributed by atoms with E-state index in [1.807, 2.05) is 6.07 Å². The SMILES string of the molecule is COc1ccc(C(CCCO)c2cnccn2)c(C)c1C. The van der Waals surface area contributed by atoms with E-state index < -0.39 is 0 Å². The second-order valence-corrected chi connectivity index (χ2v) is 5.16. The molecule has 0 bridgehead atoms. The highest BCUT2D eigenvalue weighted by Crippen LogP contribution is 2.34. The minimum atomic E-state index is 0.149. The number of rotatable bonds is 6. The number of ether oxygens (including phenoxy) is 1. The van der Waals surface area contributed by atoms with Crippen LogP contribution in [0.1, 0.15) is 41.1 Å². The van der Waals surface area contributed by atoms with Crippen LogP contribution in [-0.4, -0.2) is 28.8 Å². The van der Waals surface area contributed by atoms with Gasteiger partial charge in [0.15, 0.2) is 0 Å². The van der Waals surface area contributed by atoms with E-state index in [1.165, 1.54) is 11.1 Å². The number of methoxy groups -OCH3 is 1. The van der Waals surface area contributed by atoms with Crippen molar-refractivity contribution in [2.75, 3.05) is 13.7 Å². The summed E-state index contributed by atoms with van der Waals surface area (Å²) in [7, 11) is 1.69. The minimum Gasteiger partial charge on any atom is -0.496 e. The Hall–Kier alpha value is -1.94. The van der Waals surface area contributed by atoms with Crippen molar-refractivity contribution < 1.29 is 9.84 Å². The molecule has 1 heterocycles. The number of benzene rings is 1. The second kappa shape index (κ2) is 7.18. The molecule has 4 heteroatoms. The van der Waals surface area contributed by atoms with Crippen molar-refractivity contribution in [3.05, 3.63) is 53.1 Å². The summed E-state index contributed by atoms with van der Waals surface area (Å²) in [6, 6.07) is 4.10. The summed E-state index contributed by atoms with van der Waals surface area (Å²) in [6.45, 7) is 4.36. The number of nitrogens with zero attached hydrogens (tertiary/aromatic N) is 2. The number of aromatic nitrogens is 2. The lowest BCUT2D eigenvalue weighted by atomic mass is 9.86. The number of aliphatic hydroxyl groups excluding tert-OH is 1. The quantitative estimate of drug-likeness (QED) is 0.887. The molecule has 21 heavy (non-hydrogen) atoms. The van der Waals surface area contributed by atoms with Gasteiger partial charge in [0, 0.05) is 31.1 Å². The Labute approximate surface area is 125 Å². The maximum Gasteiger partial charge on any atom is 0.122 e. The maximum atomic E-state index is 9.16. The maximum absolute atomic E-state index is 9.16. The summed E-state index contributed by atoms with van der Waals surface area (Å²) in [5.41, 5.74) is 4.52. The number of aliphatic hydroxyl groups is 1. The smallest absolute Gasteiger partial charge is 0.122 e. The molecule has 2 aromatic rings. The van der Waals surface area contributed by atoms with Gasteiger partial charge in [-0.2, -0.15) is 0 Å². The Morgan fingerprint density at radius 3 is 2.62 bits per heavy atom. The summed E-state index contributed by atoms with van der Waals surface area (Å²) >= 11 is 0. The van der Waals surface area contributed by atoms with Gasteiger partial charge in [-0.1, -0.05) is 6.07 Å². The van der Waals surface area contributed by atoms with E-state index in [1.54, 1.807) is 25.7 Å². The van der Waals surface area contributed by atoms with Crippen LogP contribution in [-0.2, 0) is 0 Å². The van der Waals surface area contributed by atoms with E-state index in [9.17, 15) is 0 Å². The van der Waals surface area contributed by atoms with Gasteiger partial charge in [0.2, 0.25) is 0 Å². The van der Waals surface area contributed by atoms with Crippen LogP contribution in [0.4, 0.5) is 0 Å². The second-order valence-electron chi connectivity index (χ2n) is 5.16. The molecule has 112 valence electrons. The highest BCUT2D eigenvalue weighted by atomic mass is 16.5. The predicted molar refractivity (Wildman–Crippen MR) is 82.7 cm³/mol. The topological polar surface area (TPSA) is 55.2 Å². The van der Waals surface area contributed by atoms with Crippen LogP contribution in [0.2, 0.25) is 0 Å². The van der Waals surface area contributed by atoms with Gasteiger partial charge in [-0.15, -0.1) is 0 Å². The minimum absolute atomic E-state index is 0.149. The fourth-order valence-corrected chi connectivity index (χ4v) is 2.66. The third-order valence-electron chi connectivity index (χ3n) is 3.97. The van der Waals surface area contributed by atoms with E-state index in [0.717, 1.165) is 29.8 Å². The highest BCUT2D eigenvalue weighted by molar-refractivity contribution is 5.46. The van der Waals surface area contributed by atoms with E-state index in [0.29, 0.717) is 0 Å². The molecular weight excluding hydrogens is 264 g/mol. The van der Waals surface area contributed by atoms with Crippen molar-refractivity contribution in [1.82, 2.24) is 9.97 Å². The summed E-state index contributed by atoms with van der Waals surface area (Å²) < 4.78 is 5.38. The molecule has 1 aromatic heterocycles. The fourth-order valence-electron chi connectivity index (χ4n) is 2.66. The number of hydrogen-bond acceptors (Lipinski definition) is 4. The first kappa shape index (κ1) is 15.4. The molecule has 0 fully saturated rings. The first-order chi connectivity index (χ1) is 10.2. The van der Waals surface area contributed by atoms with Crippen molar-refractivity contribution in [2.24, 2.45) is 0 Å². The molecule has 0 saturated carbocycles. The zero-order valence-corrected chi connectivity index (χ0v) is 12.8. The van der Waals surface area contributed by atoms with Gasteiger partial charge in [0.25, 0.3) is 0 Å². The van der Waals surface area contributed by atoms with Crippen LogP contribution in [0.15, 0.2) is 30.7 Å². The van der Waals surface area contributed by atoms with Crippen LogP contribution >= 0.6 is 0 Å². The van der Waals surface area contributed by atoms with Crippen LogP contribution < -0.4 is 4.74 Å². The molecule has 0 aliphatic rings.